The normalized spacial score (nSPS) is 15.0. The van der Waals surface area contributed by atoms with Crippen molar-refractivity contribution in [3.8, 4) is 0 Å². The van der Waals surface area contributed by atoms with Gasteiger partial charge in [0.2, 0.25) is 5.91 Å². The quantitative estimate of drug-likeness (QED) is 0.911. The summed E-state index contributed by atoms with van der Waals surface area (Å²) in [7, 11) is 0. The summed E-state index contributed by atoms with van der Waals surface area (Å²) in [6, 6.07) is 13.1. The number of nitrogens with zero attached hydrogens (tertiary/aromatic N) is 1. The van der Waals surface area contributed by atoms with Gasteiger partial charge in [-0.05, 0) is 29.7 Å². The van der Waals surface area contributed by atoms with E-state index in [-0.39, 0.29) is 11.7 Å². The van der Waals surface area contributed by atoms with Gasteiger partial charge in [-0.3, -0.25) is 4.79 Å². The average Bonchev–Trinajstić information content (AvgIpc) is 2.89. The minimum absolute atomic E-state index is 0.194. The van der Waals surface area contributed by atoms with E-state index in [9.17, 15) is 9.18 Å². The lowest BCUT2D eigenvalue weighted by Gasteiger charge is -2.21. The van der Waals surface area contributed by atoms with Gasteiger partial charge in [-0.15, -0.1) is 0 Å². The molecule has 1 atom stereocenters. The largest absolute Gasteiger partial charge is 0.316 e. The average molecular weight is 270 g/mol. The van der Waals surface area contributed by atoms with Crippen molar-refractivity contribution in [3.05, 3.63) is 65.5 Å². The smallest absolute Gasteiger partial charge is 0.248 e. The summed E-state index contributed by atoms with van der Waals surface area (Å²) in [6.45, 7) is 0.554. The molecule has 0 spiro atoms. The van der Waals surface area contributed by atoms with Crippen molar-refractivity contribution in [1.82, 2.24) is 0 Å². The zero-order valence-corrected chi connectivity index (χ0v) is 10.9. The number of anilines is 1. The Kier molecular flexibility index (Phi) is 3.24. The predicted molar refractivity (Wildman–Crippen MR) is 75.8 cm³/mol. The van der Waals surface area contributed by atoms with Gasteiger partial charge in [0.1, 0.15) is 11.9 Å². The Labute approximate surface area is 116 Å². The molecule has 3 rings (SSSR count). The number of hydrogen-bond acceptors (Lipinski definition) is 2. The summed E-state index contributed by atoms with van der Waals surface area (Å²) < 4.78 is 13.4. The first-order chi connectivity index (χ1) is 9.66. The summed E-state index contributed by atoms with van der Waals surface area (Å²) in [5, 5.41) is 0. The van der Waals surface area contributed by atoms with Gasteiger partial charge in [0.05, 0.1) is 0 Å². The molecule has 0 fully saturated rings. The standard InChI is InChI=1S/C16H15FN2O/c17-13-7-6-11-8-9-19(14(11)10-13)16(20)15(18)12-4-2-1-3-5-12/h1-7,10,15H,8-9,18H2/t15-/m0/s1. The van der Waals surface area contributed by atoms with E-state index in [4.69, 9.17) is 5.73 Å². The second-order valence-corrected chi connectivity index (χ2v) is 4.90. The van der Waals surface area contributed by atoms with E-state index in [2.05, 4.69) is 0 Å². The monoisotopic (exact) mass is 270 g/mol. The summed E-state index contributed by atoms with van der Waals surface area (Å²) in [6.07, 6.45) is 0.739. The van der Waals surface area contributed by atoms with Crippen LogP contribution in [-0.4, -0.2) is 12.5 Å². The van der Waals surface area contributed by atoms with Crippen LogP contribution < -0.4 is 10.6 Å². The number of rotatable bonds is 2. The van der Waals surface area contributed by atoms with Gasteiger partial charge in [-0.2, -0.15) is 0 Å². The third-order valence-corrected chi connectivity index (χ3v) is 3.63. The van der Waals surface area contributed by atoms with Crippen LogP contribution in [0.5, 0.6) is 0 Å². The third kappa shape index (κ3) is 2.18. The van der Waals surface area contributed by atoms with Gasteiger partial charge in [0.15, 0.2) is 0 Å². The zero-order valence-electron chi connectivity index (χ0n) is 10.9. The number of carbonyl (C=O) groups is 1. The van der Waals surface area contributed by atoms with Gasteiger partial charge >= 0.3 is 0 Å². The number of halogens is 1. The maximum Gasteiger partial charge on any atom is 0.248 e. The molecule has 2 aromatic rings. The SMILES string of the molecule is N[C@H](C(=O)N1CCc2ccc(F)cc21)c1ccccc1. The molecular formula is C16H15FN2O. The first-order valence-corrected chi connectivity index (χ1v) is 6.57. The third-order valence-electron chi connectivity index (χ3n) is 3.63. The number of benzene rings is 2. The van der Waals surface area contributed by atoms with Crippen LogP contribution in [0.4, 0.5) is 10.1 Å². The fourth-order valence-electron chi connectivity index (χ4n) is 2.55. The second kappa shape index (κ2) is 5.06. The predicted octanol–water partition coefficient (Wildman–Crippen LogP) is 2.41. The fraction of sp³-hybridized carbons (Fsp3) is 0.188. The highest BCUT2D eigenvalue weighted by molar-refractivity contribution is 5.99. The lowest BCUT2D eigenvalue weighted by molar-refractivity contribution is -0.119. The summed E-state index contributed by atoms with van der Waals surface area (Å²) in [5.41, 5.74) is 8.42. The summed E-state index contributed by atoms with van der Waals surface area (Å²) >= 11 is 0. The Morgan fingerprint density at radius 2 is 1.95 bits per heavy atom. The van der Waals surface area contributed by atoms with E-state index < -0.39 is 6.04 Å². The first-order valence-electron chi connectivity index (χ1n) is 6.57. The molecule has 0 saturated heterocycles. The van der Waals surface area contributed by atoms with E-state index in [1.165, 1.54) is 12.1 Å². The van der Waals surface area contributed by atoms with Gasteiger partial charge < -0.3 is 10.6 Å². The van der Waals surface area contributed by atoms with Crippen LogP contribution >= 0.6 is 0 Å². The van der Waals surface area contributed by atoms with Crippen LogP contribution in [0.15, 0.2) is 48.5 Å². The molecule has 1 heterocycles. The van der Waals surface area contributed by atoms with Crippen LogP contribution in [0, 0.1) is 5.82 Å². The maximum atomic E-state index is 13.4. The van der Waals surface area contributed by atoms with Crippen molar-refractivity contribution in [3.63, 3.8) is 0 Å². The molecular weight excluding hydrogens is 255 g/mol. The van der Waals surface area contributed by atoms with Gasteiger partial charge in [-0.1, -0.05) is 36.4 Å². The zero-order chi connectivity index (χ0) is 14.1. The molecule has 2 aromatic carbocycles. The summed E-state index contributed by atoms with van der Waals surface area (Å²) in [5.74, 6) is -0.530. The Morgan fingerprint density at radius 1 is 1.20 bits per heavy atom. The first kappa shape index (κ1) is 12.8. The molecule has 4 heteroatoms. The van der Waals surface area contributed by atoms with Crippen LogP contribution in [0.1, 0.15) is 17.2 Å². The molecule has 102 valence electrons. The van der Waals surface area contributed by atoms with Crippen LogP contribution in [0.3, 0.4) is 0 Å². The molecule has 1 aliphatic heterocycles. The van der Waals surface area contributed by atoms with E-state index >= 15 is 0 Å². The molecule has 3 nitrogen and oxygen atoms in total. The molecule has 1 aliphatic rings. The van der Waals surface area contributed by atoms with Crippen molar-refractivity contribution < 1.29 is 9.18 Å². The highest BCUT2D eigenvalue weighted by atomic mass is 19.1. The van der Waals surface area contributed by atoms with E-state index in [1.54, 1.807) is 11.0 Å². The number of nitrogens with two attached hydrogens (primary N) is 1. The second-order valence-electron chi connectivity index (χ2n) is 4.90. The van der Waals surface area contributed by atoms with Gasteiger partial charge in [0, 0.05) is 12.2 Å². The number of amides is 1. The highest BCUT2D eigenvalue weighted by Crippen LogP contribution is 2.30. The minimum Gasteiger partial charge on any atom is -0.316 e. The molecule has 2 N–H and O–H groups in total. The van der Waals surface area contributed by atoms with Crippen LogP contribution in [-0.2, 0) is 11.2 Å². The molecule has 20 heavy (non-hydrogen) atoms. The molecule has 0 aromatic heterocycles. The van der Waals surface area contributed by atoms with Crippen LogP contribution in [0.2, 0.25) is 0 Å². The number of hydrogen-bond donors (Lipinski definition) is 1. The van der Waals surface area contributed by atoms with Crippen molar-refractivity contribution in [2.24, 2.45) is 5.73 Å². The fourth-order valence-corrected chi connectivity index (χ4v) is 2.55. The molecule has 0 radical (unpaired) electrons. The molecule has 0 bridgehead atoms. The van der Waals surface area contributed by atoms with Crippen molar-refractivity contribution >= 4 is 11.6 Å². The van der Waals surface area contributed by atoms with E-state index in [0.717, 1.165) is 17.5 Å². The molecule has 0 saturated carbocycles. The molecule has 0 unspecified atom stereocenters. The highest BCUT2D eigenvalue weighted by Gasteiger charge is 2.29. The number of carbonyl (C=O) groups excluding carboxylic acids is 1. The Bertz CT molecular complexity index is 642. The van der Waals surface area contributed by atoms with Crippen LogP contribution in [0.25, 0.3) is 0 Å². The van der Waals surface area contributed by atoms with E-state index in [0.29, 0.717) is 12.2 Å². The summed E-state index contributed by atoms with van der Waals surface area (Å²) in [4.78, 5) is 14.1. The lowest BCUT2D eigenvalue weighted by atomic mass is 10.1. The Balaban J connectivity index is 1.88. The van der Waals surface area contributed by atoms with Gasteiger partial charge in [-0.25, -0.2) is 4.39 Å². The lowest BCUT2D eigenvalue weighted by Crippen LogP contribution is -2.37. The maximum absolute atomic E-state index is 13.4. The molecule has 1 amide bonds. The minimum atomic E-state index is -0.717. The Morgan fingerprint density at radius 3 is 2.70 bits per heavy atom. The van der Waals surface area contributed by atoms with Gasteiger partial charge in [0.25, 0.3) is 0 Å². The van der Waals surface area contributed by atoms with Crippen molar-refractivity contribution in [2.45, 2.75) is 12.5 Å². The van der Waals surface area contributed by atoms with E-state index in [1.807, 2.05) is 30.3 Å². The van der Waals surface area contributed by atoms with Crippen molar-refractivity contribution in [2.75, 3.05) is 11.4 Å². The Hall–Kier alpha value is -2.20. The van der Waals surface area contributed by atoms with Crippen molar-refractivity contribution in [1.29, 1.82) is 0 Å². The number of fused-ring (bicyclic) bond motifs is 1. The molecule has 0 aliphatic carbocycles. The topological polar surface area (TPSA) is 46.3 Å².